The monoisotopic (exact) mass is 332 g/mol. The summed E-state index contributed by atoms with van der Waals surface area (Å²) in [5.74, 6) is 1.77. The molecule has 0 spiro atoms. The van der Waals surface area contributed by atoms with Crippen molar-refractivity contribution >= 4 is 34.8 Å². The normalized spacial score (nSPS) is 14.0. The van der Waals surface area contributed by atoms with Crippen LogP contribution in [-0.4, -0.2) is 23.2 Å². The van der Waals surface area contributed by atoms with Gasteiger partial charge in [0.15, 0.2) is 11.6 Å². The predicted octanol–water partition coefficient (Wildman–Crippen LogP) is 3.62. The molecule has 0 aliphatic heterocycles. The number of amides is 1. The number of carbonyl (C=O) groups excluding carboxylic acids is 1. The molecule has 0 saturated heterocycles. The van der Waals surface area contributed by atoms with Gasteiger partial charge in [-0.25, -0.2) is 0 Å². The standard InChI is InChI=1S/C16H17ClN4O2/c1-23-13-6-5-11(9-12(13)17)18-14-7-8-15(21-20-14)19-16(22)10-3-2-4-10/h5-10H,2-4H2,1H3,(H,18,20)(H,19,21,22). The molecule has 1 amide bonds. The molecule has 1 aliphatic rings. The number of aromatic nitrogens is 2. The number of hydrogen-bond acceptors (Lipinski definition) is 5. The Bertz CT molecular complexity index is 702. The SMILES string of the molecule is COc1ccc(Nc2ccc(NC(=O)C3CCC3)nn2)cc1Cl. The quantitative estimate of drug-likeness (QED) is 0.874. The van der Waals surface area contributed by atoms with Gasteiger partial charge >= 0.3 is 0 Å². The minimum atomic E-state index is 0.0215. The lowest BCUT2D eigenvalue weighted by atomic mass is 9.85. The molecule has 7 heteroatoms. The molecule has 1 aliphatic carbocycles. The van der Waals surface area contributed by atoms with E-state index in [0.717, 1.165) is 24.9 Å². The maximum absolute atomic E-state index is 11.8. The summed E-state index contributed by atoms with van der Waals surface area (Å²) in [6.07, 6.45) is 3.03. The molecule has 2 N–H and O–H groups in total. The predicted molar refractivity (Wildman–Crippen MR) is 89.3 cm³/mol. The number of carbonyl (C=O) groups is 1. The second kappa shape index (κ2) is 6.83. The van der Waals surface area contributed by atoms with Crippen LogP contribution in [0.3, 0.4) is 0 Å². The number of nitrogens with one attached hydrogen (secondary N) is 2. The Morgan fingerprint density at radius 2 is 1.96 bits per heavy atom. The number of hydrogen-bond donors (Lipinski definition) is 2. The van der Waals surface area contributed by atoms with Gasteiger partial charge in [0.2, 0.25) is 5.91 Å². The Labute approximate surface area is 139 Å². The lowest BCUT2D eigenvalue weighted by Crippen LogP contribution is -2.28. The summed E-state index contributed by atoms with van der Waals surface area (Å²) in [6.45, 7) is 0. The van der Waals surface area contributed by atoms with Crippen molar-refractivity contribution < 1.29 is 9.53 Å². The van der Waals surface area contributed by atoms with Crippen molar-refractivity contribution in [3.63, 3.8) is 0 Å². The minimum absolute atomic E-state index is 0.0215. The van der Waals surface area contributed by atoms with E-state index in [1.54, 1.807) is 31.4 Å². The van der Waals surface area contributed by atoms with Gasteiger partial charge in [-0.3, -0.25) is 4.79 Å². The van der Waals surface area contributed by atoms with Gasteiger partial charge in [-0.15, -0.1) is 10.2 Å². The van der Waals surface area contributed by atoms with Crippen LogP contribution in [-0.2, 0) is 4.79 Å². The Morgan fingerprint density at radius 1 is 1.22 bits per heavy atom. The third-order valence-electron chi connectivity index (χ3n) is 3.82. The smallest absolute Gasteiger partial charge is 0.228 e. The Morgan fingerprint density at radius 3 is 2.52 bits per heavy atom. The minimum Gasteiger partial charge on any atom is -0.495 e. The van der Waals surface area contributed by atoms with Crippen LogP contribution in [0.25, 0.3) is 0 Å². The van der Waals surface area contributed by atoms with Crippen LogP contribution in [0.5, 0.6) is 5.75 Å². The molecule has 2 aromatic rings. The van der Waals surface area contributed by atoms with Gasteiger partial charge in [-0.05, 0) is 43.2 Å². The van der Waals surface area contributed by atoms with Crippen LogP contribution in [0.15, 0.2) is 30.3 Å². The van der Waals surface area contributed by atoms with E-state index < -0.39 is 0 Å². The number of methoxy groups -OCH3 is 1. The number of nitrogens with zero attached hydrogens (tertiary/aromatic N) is 2. The van der Waals surface area contributed by atoms with Gasteiger partial charge in [-0.2, -0.15) is 0 Å². The molecule has 120 valence electrons. The second-order valence-electron chi connectivity index (χ2n) is 5.40. The highest BCUT2D eigenvalue weighted by molar-refractivity contribution is 6.32. The molecule has 6 nitrogen and oxygen atoms in total. The molecule has 1 saturated carbocycles. The van der Waals surface area contributed by atoms with Crippen molar-refractivity contribution in [2.24, 2.45) is 5.92 Å². The highest BCUT2D eigenvalue weighted by Crippen LogP contribution is 2.29. The number of ether oxygens (including phenoxy) is 1. The van der Waals surface area contributed by atoms with E-state index >= 15 is 0 Å². The van der Waals surface area contributed by atoms with E-state index in [0.29, 0.717) is 22.4 Å². The van der Waals surface area contributed by atoms with E-state index in [4.69, 9.17) is 16.3 Å². The van der Waals surface area contributed by atoms with Crippen LogP contribution >= 0.6 is 11.6 Å². The number of benzene rings is 1. The van der Waals surface area contributed by atoms with E-state index in [-0.39, 0.29) is 11.8 Å². The Hall–Kier alpha value is -2.34. The van der Waals surface area contributed by atoms with Crippen molar-refractivity contribution in [2.75, 3.05) is 17.7 Å². The summed E-state index contributed by atoms with van der Waals surface area (Å²) in [7, 11) is 1.57. The van der Waals surface area contributed by atoms with Crippen LogP contribution in [0.1, 0.15) is 19.3 Å². The van der Waals surface area contributed by atoms with Crippen LogP contribution in [0.4, 0.5) is 17.3 Å². The summed E-state index contributed by atoms with van der Waals surface area (Å²) >= 11 is 6.08. The average Bonchev–Trinajstić information content (AvgIpc) is 2.48. The third-order valence-corrected chi connectivity index (χ3v) is 4.11. The molecule has 1 aromatic carbocycles. The van der Waals surface area contributed by atoms with Gasteiger partial charge in [0.25, 0.3) is 0 Å². The van der Waals surface area contributed by atoms with E-state index in [2.05, 4.69) is 20.8 Å². The summed E-state index contributed by atoms with van der Waals surface area (Å²) in [4.78, 5) is 11.8. The van der Waals surface area contributed by atoms with Crippen molar-refractivity contribution in [2.45, 2.75) is 19.3 Å². The van der Waals surface area contributed by atoms with Gasteiger partial charge in [0.1, 0.15) is 5.75 Å². The van der Waals surface area contributed by atoms with E-state index in [9.17, 15) is 4.79 Å². The van der Waals surface area contributed by atoms with Gasteiger partial charge < -0.3 is 15.4 Å². The number of rotatable bonds is 5. The van der Waals surface area contributed by atoms with Gasteiger partial charge in [-0.1, -0.05) is 18.0 Å². The molecule has 1 fully saturated rings. The fourth-order valence-electron chi connectivity index (χ4n) is 2.26. The summed E-state index contributed by atoms with van der Waals surface area (Å²) in [5.41, 5.74) is 0.774. The summed E-state index contributed by atoms with van der Waals surface area (Å²) < 4.78 is 5.11. The Balaban J connectivity index is 1.62. The topological polar surface area (TPSA) is 76.1 Å². The highest BCUT2D eigenvalue weighted by Gasteiger charge is 2.25. The van der Waals surface area contributed by atoms with Crippen molar-refractivity contribution in [3.05, 3.63) is 35.4 Å². The molecule has 23 heavy (non-hydrogen) atoms. The summed E-state index contributed by atoms with van der Waals surface area (Å²) in [6, 6.07) is 8.82. The molecule has 0 radical (unpaired) electrons. The zero-order valence-corrected chi connectivity index (χ0v) is 13.4. The molecular formula is C16H17ClN4O2. The first-order valence-electron chi connectivity index (χ1n) is 7.41. The van der Waals surface area contributed by atoms with Crippen LogP contribution in [0, 0.1) is 5.92 Å². The Kier molecular flexibility index (Phi) is 4.62. The fourth-order valence-corrected chi connectivity index (χ4v) is 2.51. The average molecular weight is 333 g/mol. The number of halogens is 1. The second-order valence-corrected chi connectivity index (χ2v) is 5.80. The first-order valence-corrected chi connectivity index (χ1v) is 7.78. The number of anilines is 3. The molecule has 3 rings (SSSR count). The largest absolute Gasteiger partial charge is 0.495 e. The zero-order chi connectivity index (χ0) is 16.2. The van der Waals surface area contributed by atoms with Crippen molar-refractivity contribution in [3.8, 4) is 5.75 Å². The molecule has 1 aromatic heterocycles. The lowest BCUT2D eigenvalue weighted by molar-refractivity contribution is -0.122. The zero-order valence-electron chi connectivity index (χ0n) is 12.7. The van der Waals surface area contributed by atoms with Crippen molar-refractivity contribution in [1.82, 2.24) is 10.2 Å². The first kappa shape index (κ1) is 15.6. The van der Waals surface area contributed by atoms with Gasteiger partial charge in [0, 0.05) is 11.6 Å². The highest BCUT2D eigenvalue weighted by atomic mass is 35.5. The first-order chi connectivity index (χ1) is 11.2. The molecule has 1 heterocycles. The third kappa shape index (κ3) is 3.71. The van der Waals surface area contributed by atoms with Crippen LogP contribution < -0.4 is 15.4 Å². The summed E-state index contributed by atoms with van der Waals surface area (Å²) in [5, 5.41) is 14.4. The molecule has 0 atom stereocenters. The van der Waals surface area contributed by atoms with Crippen LogP contribution in [0.2, 0.25) is 5.02 Å². The maximum atomic E-state index is 11.8. The molecular weight excluding hydrogens is 316 g/mol. The molecule has 0 bridgehead atoms. The fraction of sp³-hybridized carbons (Fsp3) is 0.312. The van der Waals surface area contributed by atoms with E-state index in [1.165, 1.54) is 0 Å². The molecule has 0 unspecified atom stereocenters. The van der Waals surface area contributed by atoms with Crippen molar-refractivity contribution in [1.29, 1.82) is 0 Å². The van der Waals surface area contributed by atoms with E-state index in [1.807, 2.05) is 6.07 Å². The van der Waals surface area contributed by atoms with Gasteiger partial charge in [0.05, 0.1) is 12.1 Å². The maximum Gasteiger partial charge on any atom is 0.228 e. The lowest BCUT2D eigenvalue weighted by Gasteiger charge is -2.23.